The van der Waals surface area contributed by atoms with Gasteiger partial charge in [0.15, 0.2) is 0 Å². The SMILES string of the molecule is C=CC(=O)N1CCN(c2nc(N(C)C[C@@H]3CCCN3C)nc3c2CCN(c2c(C)ccc4[nH]ncc24)C3)C[C@@H]1CC#N. The van der Waals surface area contributed by atoms with E-state index in [1.807, 2.05) is 6.20 Å². The fourth-order valence-electron chi connectivity index (χ4n) is 6.90. The first-order valence-corrected chi connectivity index (χ1v) is 14.9. The second-order valence-corrected chi connectivity index (χ2v) is 11.9. The van der Waals surface area contributed by atoms with E-state index in [4.69, 9.17) is 9.97 Å². The summed E-state index contributed by atoms with van der Waals surface area (Å²) in [5.41, 5.74) is 5.64. The third kappa shape index (κ3) is 5.15. The molecule has 3 aliphatic heterocycles. The Balaban J connectivity index is 1.36. The molecule has 3 aliphatic rings. The van der Waals surface area contributed by atoms with Crippen LogP contribution in [0, 0.1) is 18.3 Å². The molecule has 2 fully saturated rings. The van der Waals surface area contributed by atoms with Crippen LogP contribution in [0.25, 0.3) is 10.9 Å². The Kier molecular flexibility index (Phi) is 7.73. The summed E-state index contributed by atoms with van der Waals surface area (Å²) in [5.74, 6) is 1.54. The molecule has 220 valence electrons. The second kappa shape index (κ2) is 11.6. The van der Waals surface area contributed by atoms with Gasteiger partial charge in [0.05, 0.1) is 48.2 Å². The number of aromatic nitrogens is 4. The molecule has 6 rings (SSSR count). The van der Waals surface area contributed by atoms with Crippen LogP contribution < -0.4 is 14.7 Å². The number of carbonyl (C=O) groups is 1. The molecule has 1 aromatic carbocycles. The molecule has 0 spiro atoms. The Morgan fingerprint density at radius 3 is 2.83 bits per heavy atom. The number of amides is 1. The first kappa shape index (κ1) is 28.0. The maximum atomic E-state index is 12.6. The number of anilines is 3. The van der Waals surface area contributed by atoms with E-state index in [-0.39, 0.29) is 18.4 Å². The third-order valence-corrected chi connectivity index (χ3v) is 9.21. The summed E-state index contributed by atoms with van der Waals surface area (Å²) in [7, 11) is 4.29. The Morgan fingerprint density at radius 2 is 2.07 bits per heavy atom. The van der Waals surface area contributed by atoms with Crippen LogP contribution in [0.4, 0.5) is 17.5 Å². The molecule has 0 aliphatic carbocycles. The van der Waals surface area contributed by atoms with Gasteiger partial charge in [-0.3, -0.25) is 9.89 Å². The molecular formula is C31H40N10O. The molecule has 3 aromatic rings. The third-order valence-electron chi connectivity index (χ3n) is 9.21. The van der Waals surface area contributed by atoms with Crippen LogP contribution in [0.2, 0.25) is 0 Å². The molecule has 0 bridgehead atoms. The van der Waals surface area contributed by atoms with Crippen molar-refractivity contribution in [3.8, 4) is 6.07 Å². The molecule has 5 heterocycles. The van der Waals surface area contributed by atoms with Crippen LogP contribution in [0.1, 0.15) is 36.1 Å². The van der Waals surface area contributed by atoms with Crippen molar-refractivity contribution in [1.29, 1.82) is 5.26 Å². The zero-order chi connectivity index (χ0) is 29.4. The van der Waals surface area contributed by atoms with Crippen molar-refractivity contribution in [2.45, 2.75) is 51.2 Å². The quantitative estimate of drug-likeness (QED) is 0.430. The van der Waals surface area contributed by atoms with Gasteiger partial charge in [0.2, 0.25) is 11.9 Å². The van der Waals surface area contributed by atoms with Gasteiger partial charge in [-0.25, -0.2) is 4.98 Å². The Morgan fingerprint density at radius 1 is 1.21 bits per heavy atom. The predicted octanol–water partition coefficient (Wildman–Crippen LogP) is 2.87. The fraction of sp³-hybridized carbons (Fsp3) is 0.516. The largest absolute Gasteiger partial charge is 0.364 e. The molecular weight excluding hydrogens is 528 g/mol. The molecule has 0 saturated carbocycles. The number of aryl methyl sites for hydroxylation is 1. The number of likely N-dealkylation sites (N-methyl/N-ethyl adjacent to an activating group) is 2. The second-order valence-electron chi connectivity index (χ2n) is 11.9. The van der Waals surface area contributed by atoms with Crippen molar-refractivity contribution in [2.24, 2.45) is 0 Å². The number of carbonyl (C=O) groups excluding carboxylic acids is 1. The van der Waals surface area contributed by atoms with Crippen molar-refractivity contribution in [2.75, 3.05) is 68.1 Å². The van der Waals surface area contributed by atoms with Crippen molar-refractivity contribution in [3.05, 3.63) is 47.8 Å². The van der Waals surface area contributed by atoms with E-state index >= 15 is 0 Å². The number of nitrogens with one attached hydrogen (secondary N) is 1. The lowest BCUT2D eigenvalue weighted by molar-refractivity contribution is -0.128. The predicted molar refractivity (Wildman–Crippen MR) is 165 cm³/mol. The van der Waals surface area contributed by atoms with Gasteiger partial charge >= 0.3 is 0 Å². The first-order chi connectivity index (χ1) is 20.4. The van der Waals surface area contributed by atoms with E-state index in [1.54, 1.807) is 4.90 Å². The van der Waals surface area contributed by atoms with Gasteiger partial charge in [-0.05, 0) is 57.5 Å². The standard InChI is InChI=1S/C31H40N10O/c1-5-28(42)41-16-15-40(19-23(41)10-12-32)30-24-11-14-39(29-21(2)8-9-26-25(29)17-33-36-26)20-27(24)34-31(35-30)38(4)18-22-7-6-13-37(22)3/h5,8-9,17,22-23H,1,6-7,10-11,13-16,18-20H2,2-4H3,(H,33,36)/t22-,23-/m0/s1. The van der Waals surface area contributed by atoms with Crippen LogP contribution in [-0.4, -0.2) is 101 Å². The molecule has 11 nitrogen and oxygen atoms in total. The normalized spacial score (nSPS) is 21.0. The highest BCUT2D eigenvalue weighted by atomic mass is 16.2. The first-order valence-electron chi connectivity index (χ1n) is 14.9. The molecule has 2 saturated heterocycles. The van der Waals surface area contributed by atoms with Gasteiger partial charge in [0, 0.05) is 56.8 Å². The number of nitriles is 1. The molecule has 0 radical (unpaired) electrons. The Bertz CT molecular complexity index is 1530. The van der Waals surface area contributed by atoms with Gasteiger partial charge < -0.3 is 24.5 Å². The monoisotopic (exact) mass is 568 g/mol. The number of nitrogens with zero attached hydrogens (tertiary/aromatic N) is 9. The number of hydrogen-bond acceptors (Lipinski definition) is 9. The van der Waals surface area contributed by atoms with Gasteiger partial charge in [0.1, 0.15) is 5.82 Å². The molecule has 1 amide bonds. The summed E-state index contributed by atoms with van der Waals surface area (Å²) in [6, 6.07) is 6.78. The number of piperazine rings is 1. The fourth-order valence-corrected chi connectivity index (χ4v) is 6.90. The summed E-state index contributed by atoms with van der Waals surface area (Å²) in [6.07, 6.45) is 6.73. The zero-order valence-electron chi connectivity index (χ0n) is 24.9. The lowest BCUT2D eigenvalue weighted by Crippen LogP contribution is -2.55. The topological polar surface area (TPSA) is 112 Å². The minimum atomic E-state index is -0.213. The highest BCUT2D eigenvalue weighted by Gasteiger charge is 2.34. The summed E-state index contributed by atoms with van der Waals surface area (Å²) >= 11 is 0. The summed E-state index contributed by atoms with van der Waals surface area (Å²) < 4.78 is 0. The van der Waals surface area contributed by atoms with Gasteiger partial charge in [-0.1, -0.05) is 12.6 Å². The molecule has 42 heavy (non-hydrogen) atoms. The summed E-state index contributed by atoms with van der Waals surface area (Å²) in [4.78, 5) is 34.0. The number of hydrogen-bond donors (Lipinski definition) is 1. The molecule has 2 atom stereocenters. The van der Waals surface area contributed by atoms with E-state index < -0.39 is 0 Å². The number of likely N-dealkylation sites (tertiary alicyclic amines) is 1. The smallest absolute Gasteiger partial charge is 0.246 e. The van der Waals surface area contributed by atoms with Crippen molar-refractivity contribution >= 4 is 34.3 Å². The average molecular weight is 569 g/mol. The van der Waals surface area contributed by atoms with Gasteiger partial charge in [-0.15, -0.1) is 0 Å². The summed E-state index contributed by atoms with van der Waals surface area (Å²) in [6.45, 7) is 11.1. The maximum Gasteiger partial charge on any atom is 0.246 e. The van der Waals surface area contributed by atoms with Gasteiger partial charge in [0.25, 0.3) is 0 Å². The highest BCUT2D eigenvalue weighted by molar-refractivity contribution is 5.93. The highest BCUT2D eigenvalue weighted by Crippen LogP contribution is 2.36. The van der Waals surface area contributed by atoms with Crippen LogP contribution in [0.5, 0.6) is 0 Å². The van der Waals surface area contributed by atoms with E-state index in [9.17, 15) is 10.1 Å². The average Bonchev–Trinajstić information content (AvgIpc) is 3.64. The van der Waals surface area contributed by atoms with E-state index in [0.717, 1.165) is 60.0 Å². The van der Waals surface area contributed by atoms with Crippen LogP contribution >= 0.6 is 0 Å². The molecule has 11 heteroatoms. The maximum absolute atomic E-state index is 12.6. The zero-order valence-corrected chi connectivity index (χ0v) is 24.9. The van der Waals surface area contributed by atoms with Crippen molar-refractivity contribution in [3.63, 3.8) is 0 Å². The molecule has 1 N–H and O–H groups in total. The Hall–Kier alpha value is -4.17. The van der Waals surface area contributed by atoms with E-state index in [1.165, 1.54) is 30.2 Å². The summed E-state index contributed by atoms with van der Waals surface area (Å²) in [5, 5.41) is 18.1. The lowest BCUT2D eigenvalue weighted by atomic mass is 10.0. The molecule has 2 aromatic heterocycles. The van der Waals surface area contributed by atoms with Crippen molar-refractivity contribution in [1.82, 2.24) is 30.0 Å². The van der Waals surface area contributed by atoms with Gasteiger partial charge in [-0.2, -0.15) is 15.3 Å². The number of aromatic amines is 1. The van der Waals surface area contributed by atoms with Crippen LogP contribution in [0.3, 0.4) is 0 Å². The van der Waals surface area contributed by atoms with Crippen LogP contribution in [-0.2, 0) is 17.8 Å². The number of H-pyrrole nitrogens is 1. The van der Waals surface area contributed by atoms with Crippen LogP contribution in [0.15, 0.2) is 31.0 Å². The number of rotatable bonds is 7. The van der Waals surface area contributed by atoms with E-state index in [2.05, 4.69) is 75.6 Å². The minimum Gasteiger partial charge on any atom is -0.364 e. The van der Waals surface area contributed by atoms with Crippen molar-refractivity contribution < 1.29 is 4.79 Å². The Labute approximate surface area is 247 Å². The minimum absolute atomic E-state index is 0.125. The lowest BCUT2D eigenvalue weighted by Gasteiger charge is -2.42. The molecule has 0 unspecified atom stereocenters. The number of fused-ring (bicyclic) bond motifs is 2. The number of benzene rings is 1. The van der Waals surface area contributed by atoms with E-state index in [0.29, 0.717) is 32.2 Å².